The first-order valence-corrected chi connectivity index (χ1v) is 9.34. The lowest BCUT2D eigenvalue weighted by molar-refractivity contribution is -0.121. The predicted molar refractivity (Wildman–Crippen MR) is 100 cm³/mol. The summed E-state index contributed by atoms with van der Waals surface area (Å²) in [5, 5.41) is 2.95. The van der Waals surface area contributed by atoms with E-state index in [9.17, 15) is 4.79 Å². The van der Waals surface area contributed by atoms with Crippen molar-refractivity contribution in [3.8, 4) is 11.3 Å². The fourth-order valence-corrected chi connectivity index (χ4v) is 2.91. The molecule has 25 heavy (non-hydrogen) atoms. The van der Waals surface area contributed by atoms with Crippen molar-refractivity contribution in [2.45, 2.75) is 24.3 Å². The molecule has 0 spiro atoms. The molecule has 1 aromatic carbocycles. The maximum Gasteiger partial charge on any atom is 0.220 e. The van der Waals surface area contributed by atoms with Crippen molar-refractivity contribution in [3.05, 3.63) is 72.2 Å². The minimum atomic E-state index is 0.0392. The Labute approximate surface area is 151 Å². The van der Waals surface area contributed by atoms with Gasteiger partial charge in [-0.05, 0) is 54.1 Å². The summed E-state index contributed by atoms with van der Waals surface area (Å²) in [5.74, 6) is 0.812. The lowest BCUT2D eigenvalue weighted by Gasteiger charge is -2.07. The van der Waals surface area contributed by atoms with Crippen LogP contribution in [0.15, 0.2) is 70.4 Å². The molecule has 2 aromatic heterocycles. The number of pyridine rings is 1. The number of nitrogens with zero attached hydrogens (tertiary/aromatic N) is 1. The molecule has 0 saturated carbocycles. The molecule has 0 atom stereocenters. The number of rotatable bonds is 7. The number of thioether (sulfide) groups is 1. The van der Waals surface area contributed by atoms with E-state index in [0.29, 0.717) is 13.0 Å². The Morgan fingerprint density at radius 2 is 2.00 bits per heavy atom. The highest BCUT2D eigenvalue weighted by atomic mass is 32.2. The van der Waals surface area contributed by atoms with E-state index in [0.717, 1.165) is 23.3 Å². The van der Waals surface area contributed by atoms with Gasteiger partial charge in [-0.2, -0.15) is 0 Å². The van der Waals surface area contributed by atoms with Crippen LogP contribution >= 0.6 is 11.8 Å². The van der Waals surface area contributed by atoms with Crippen LogP contribution in [0.5, 0.6) is 0 Å². The second-order valence-corrected chi connectivity index (χ2v) is 6.56. The third-order valence-electron chi connectivity index (χ3n) is 3.89. The van der Waals surface area contributed by atoms with Gasteiger partial charge in [0, 0.05) is 35.8 Å². The van der Waals surface area contributed by atoms with Gasteiger partial charge in [0.05, 0.1) is 6.26 Å². The second-order valence-electron chi connectivity index (χ2n) is 5.68. The number of carbonyl (C=O) groups is 1. The molecular weight excluding hydrogens is 332 g/mol. The van der Waals surface area contributed by atoms with Crippen LogP contribution in [0.4, 0.5) is 0 Å². The Hall–Kier alpha value is -2.53. The lowest BCUT2D eigenvalue weighted by atomic mass is 10.1. The molecule has 2 heterocycles. The van der Waals surface area contributed by atoms with Crippen LogP contribution in [-0.4, -0.2) is 17.1 Å². The Balaban J connectivity index is 1.49. The lowest BCUT2D eigenvalue weighted by Crippen LogP contribution is -2.23. The van der Waals surface area contributed by atoms with Crippen molar-refractivity contribution in [1.29, 1.82) is 0 Å². The van der Waals surface area contributed by atoms with Crippen molar-refractivity contribution >= 4 is 17.7 Å². The maximum atomic E-state index is 12.1. The van der Waals surface area contributed by atoms with E-state index in [2.05, 4.69) is 40.8 Å². The monoisotopic (exact) mass is 352 g/mol. The fraction of sp³-hybridized carbons (Fsp3) is 0.200. The number of nitrogens with one attached hydrogen (secondary N) is 1. The first-order chi connectivity index (χ1) is 12.2. The smallest absolute Gasteiger partial charge is 0.220 e. The molecule has 0 bridgehead atoms. The topological polar surface area (TPSA) is 55.1 Å². The van der Waals surface area contributed by atoms with Gasteiger partial charge in [-0.1, -0.05) is 12.1 Å². The highest BCUT2D eigenvalue weighted by Gasteiger charge is 2.05. The van der Waals surface area contributed by atoms with E-state index in [-0.39, 0.29) is 5.91 Å². The van der Waals surface area contributed by atoms with Gasteiger partial charge in [-0.3, -0.25) is 9.78 Å². The Kier molecular flexibility index (Phi) is 5.90. The molecule has 3 rings (SSSR count). The molecule has 0 aliphatic rings. The van der Waals surface area contributed by atoms with E-state index in [4.69, 9.17) is 4.42 Å². The second kappa shape index (κ2) is 8.53. The van der Waals surface area contributed by atoms with Gasteiger partial charge in [0.25, 0.3) is 0 Å². The predicted octanol–water partition coefficient (Wildman–Crippen LogP) is 4.31. The van der Waals surface area contributed by atoms with Crippen molar-refractivity contribution in [2.24, 2.45) is 0 Å². The number of benzene rings is 1. The number of aromatic nitrogens is 1. The van der Waals surface area contributed by atoms with Gasteiger partial charge in [0.2, 0.25) is 5.91 Å². The minimum absolute atomic E-state index is 0.0392. The average Bonchev–Trinajstić information content (AvgIpc) is 3.20. The van der Waals surface area contributed by atoms with Gasteiger partial charge in [0.15, 0.2) is 0 Å². The number of carbonyl (C=O) groups excluding carboxylic acids is 1. The van der Waals surface area contributed by atoms with E-state index in [1.807, 2.05) is 18.2 Å². The van der Waals surface area contributed by atoms with E-state index in [1.165, 1.54) is 10.5 Å². The molecular formula is C20H20N2O2S. The largest absolute Gasteiger partial charge is 0.464 e. The number of amides is 1. The molecule has 0 unspecified atom stereocenters. The summed E-state index contributed by atoms with van der Waals surface area (Å²) in [6.07, 6.45) is 8.42. The molecule has 0 aliphatic carbocycles. The third-order valence-corrected chi connectivity index (χ3v) is 4.63. The highest BCUT2D eigenvalue weighted by molar-refractivity contribution is 7.98. The summed E-state index contributed by atoms with van der Waals surface area (Å²) in [7, 11) is 0. The third kappa shape index (κ3) is 4.97. The molecule has 1 N–H and O–H groups in total. The Morgan fingerprint density at radius 3 is 2.72 bits per heavy atom. The van der Waals surface area contributed by atoms with Crippen molar-refractivity contribution < 1.29 is 9.21 Å². The van der Waals surface area contributed by atoms with Gasteiger partial charge in [-0.25, -0.2) is 0 Å². The standard InChI is InChI=1S/C20H20N2O2S/c1-25-18-7-4-15(5-8-18)6-9-20(23)22-13-16-11-17(14-21-12-16)19-3-2-10-24-19/h2-5,7-8,10-12,14H,6,9,13H2,1H3,(H,22,23). The number of hydrogen-bond donors (Lipinski definition) is 1. The minimum Gasteiger partial charge on any atom is -0.464 e. The van der Waals surface area contributed by atoms with E-state index < -0.39 is 0 Å². The molecule has 5 heteroatoms. The summed E-state index contributed by atoms with van der Waals surface area (Å²) in [6.45, 7) is 0.464. The number of furan rings is 1. The summed E-state index contributed by atoms with van der Waals surface area (Å²) in [6, 6.07) is 14.0. The number of hydrogen-bond acceptors (Lipinski definition) is 4. The van der Waals surface area contributed by atoms with Crippen molar-refractivity contribution in [1.82, 2.24) is 10.3 Å². The first-order valence-electron chi connectivity index (χ1n) is 8.12. The molecule has 128 valence electrons. The van der Waals surface area contributed by atoms with Crippen LogP contribution in [0.2, 0.25) is 0 Å². The zero-order valence-corrected chi connectivity index (χ0v) is 14.9. The molecule has 0 radical (unpaired) electrons. The van der Waals surface area contributed by atoms with Gasteiger partial charge < -0.3 is 9.73 Å². The Morgan fingerprint density at radius 1 is 1.16 bits per heavy atom. The highest BCUT2D eigenvalue weighted by Crippen LogP contribution is 2.19. The van der Waals surface area contributed by atoms with Gasteiger partial charge in [0.1, 0.15) is 5.76 Å². The maximum absolute atomic E-state index is 12.1. The number of aryl methyl sites for hydroxylation is 1. The summed E-state index contributed by atoms with van der Waals surface area (Å²) in [5.41, 5.74) is 3.03. The normalized spacial score (nSPS) is 10.6. The Bertz CT molecular complexity index is 814. The van der Waals surface area contributed by atoms with Crippen molar-refractivity contribution in [3.63, 3.8) is 0 Å². The van der Waals surface area contributed by atoms with Crippen LogP contribution in [0.25, 0.3) is 11.3 Å². The quantitative estimate of drug-likeness (QED) is 0.644. The summed E-state index contributed by atoms with van der Waals surface area (Å²) in [4.78, 5) is 17.5. The van der Waals surface area contributed by atoms with Crippen LogP contribution in [0, 0.1) is 0 Å². The fourth-order valence-electron chi connectivity index (χ4n) is 2.50. The first kappa shape index (κ1) is 17.3. The molecule has 0 saturated heterocycles. The molecule has 1 amide bonds. The average molecular weight is 352 g/mol. The molecule has 0 aliphatic heterocycles. The zero-order chi connectivity index (χ0) is 17.5. The van der Waals surface area contributed by atoms with Crippen LogP contribution < -0.4 is 5.32 Å². The van der Waals surface area contributed by atoms with Crippen LogP contribution in [0.3, 0.4) is 0 Å². The summed E-state index contributed by atoms with van der Waals surface area (Å²) >= 11 is 1.72. The molecule has 4 nitrogen and oxygen atoms in total. The molecule has 3 aromatic rings. The van der Waals surface area contributed by atoms with Crippen molar-refractivity contribution in [2.75, 3.05) is 6.26 Å². The van der Waals surface area contributed by atoms with E-state index in [1.54, 1.807) is 30.4 Å². The molecule has 0 fully saturated rings. The zero-order valence-electron chi connectivity index (χ0n) is 14.1. The SMILES string of the molecule is CSc1ccc(CCC(=O)NCc2cncc(-c3ccco3)c2)cc1. The summed E-state index contributed by atoms with van der Waals surface area (Å²) < 4.78 is 5.38. The van der Waals surface area contributed by atoms with Gasteiger partial charge >= 0.3 is 0 Å². The van der Waals surface area contributed by atoms with Crippen LogP contribution in [0.1, 0.15) is 17.5 Å². The van der Waals surface area contributed by atoms with Gasteiger partial charge in [-0.15, -0.1) is 11.8 Å². The van der Waals surface area contributed by atoms with Crippen LogP contribution in [-0.2, 0) is 17.8 Å². The van der Waals surface area contributed by atoms with E-state index >= 15 is 0 Å².